The molecule has 3 rings (SSSR count). The van der Waals surface area contributed by atoms with Crippen LogP contribution in [0.1, 0.15) is 40.5 Å². The van der Waals surface area contributed by atoms with Crippen molar-refractivity contribution in [1.29, 1.82) is 0 Å². The number of rotatable bonds is 2. The molecule has 1 saturated heterocycles. The predicted molar refractivity (Wildman–Crippen MR) is 101 cm³/mol. The molecule has 140 valence electrons. The molecule has 2 aromatic rings. The number of thiazole rings is 1. The minimum atomic E-state index is -0.200. The second-order valence-electron chi connectivity index (χ2n) is 6.90. The summed E-state index contributed by atoms with van der Waals surface area (Å²) in [5.41, 5.74) is 2.55. The molecule has 1 aliphatic heterocycles. The average molecular weight is 376 g/mol. The first kappa shape index (κ1) is 18.7. The Labute approximate surface area is 156 Å². The lowest BCUT2D eigenvalue weighted by Gasteiger charge is -2.36. The van der Waals surface area contributed by atoms with E-state index in [0.717, 1.165) is 11.3 Å². The maximum absolute atomic E-state index is 13.1. The minimum Gasteiger partial charge on any atom is -0.375 e. The van der Waals surface area contributed by atoms with Gasteiger partial charge in [-0.2, -0.15) is 5.10 Å². The van der Waals surface area contributed by atoms with Crippen LogP contribution in [0.2, 0.25) is 0 Å². The van der Waals surface area contributed by atoms with Gasteiger partial charge in [0, 0.05) is 13.6 Å². The molecule has 7 nitrogen and oxygen atoms in total. The molecular weight excluding hydrogens is 352 g/mol. The van der Waals surface area contributed by atoms with Crippen LogP contribution in [-0.2, 0) is 11.8 Å². The zero-order valence-electron chi connectivity index (χ0n) is 16.0. The van der Waals surface area contributed by atoms with Crippen molar-refractivity contribution < 1.29 is 9.53 Å². The summed E-state index contributed by atoms with van der Waals surface area (Å²) in [6.07, 6.45) is 0.0141. The number of ether oxygens (including phenoxy) is 1. The average Bonchev–Trinajstić information content (AvgIpc) is 2.96. The van der Waals surface area contributed by atoms with Crippen LogP contribution in [0.25, 0.3) is 10.6 Å². The van der Waals surface area contributed by atoms with Crippen molar-refractivity contribution in [3.05, 3.63) is 32.2 Å². The SMILES string of the molecule is Cc1nc(-c2c(C)c(C)nn(C)c2=O)sc1C(=O)N1CC(C)OCC1C. The Balaban J connectivity index is 2.03. The number of carbonyl (C=O) groups excluding carboxylic acids is 1. The molecule has 0 saturated carbocycles. The standard InChI is InChI=1S/C18H24N4O3S/c1-9-8-25-10(2)7-22(9)18(24)15-13(5)19-16(26-15)14-11(3)12(4)20-21(6)17(14)23/h9-10H,7-8H2,1-6H3. The molecule has 2 atom stereocenters. The lowest BCUT2D eigenvalue weighted by atomic mass is 10.1. The summed E-state index contributed by atoms with van der Waals surface area (Å²) in [6, 6.07) is 0.0152. The third-order valence-corrected chi connectivity index (χ3v) is 5.96. The van der Waals surface area contributed by atoms with Crippen molar-refractivity contribution >= 4 is 17.2 Å². The van der Waals surface area contributed by atoms with Gasteiger partial charge in [-0.05, 0) is 40.2 Å². The van der Waals surface area contributed by atoms with Gasteiger partial charge in [-0.15, -0.1) is 11.3 Å². The van der Waals surface area contributed by atoms with Gasteiger partial charge < -0.3 is 9.64 Å². The van der Waals surface area contributed by atoms with Gasteiger partial charge in [-0.1, -0.05) is 0 Å². The topological polar surface area (TPSA) is 77.3 Å². The number of aromatic nitrogens is 3. The molecule has 1 aliphatic rings. The molecule has 0 bridgehead atoms. The number of nitrogens with zero attached hydrogens (tertiary/aromatic N) is 4. The van der Waals surface area contributed by atoms with E-state index in [9.17, 15) is 9.59 Å². The number of hydrogen-bond donors (Lipinski definition) is 0. The van der Waals surface area contributed by atoms with Crippen molar-refractivity contribution in [3.63, 3.8) is 0 Å². The summed E-state index contributed by atoms with van der Waals surface area (Å²) in [4.78, 5) is 32.6. The largest absolute Gasteiger partial charge is 0.375 e. The number of carbonyl (C=O) groups is 1. The lowest BCUT2D eigenvalue weighted by molar-refractivity contribution is -0.0385. The smallest absolute Gasteiger partial charge is 0.277 e. The molecule has 1 fully saturated rings. The molecule has 2 aromatic heterocycles. The summed E-state index contributed by atoms with van der Waals surface area (Å²) in [7, 11) is 1.63. The number of morpholine rings is 1. The highest BCUT2D eigenvalue weighted by Gasteiger charge is 2.31. The van der Waals surface area contributed by atoms with Crippen LogP contribution < -0.4 is 5.56 Å². The summed E-state index contributed by atoms with van der Waals surface area (Å²) < 4.78 is 6.93. The Kier molecular flexibility index (Phi) is 4.98. The van der Waals surface area contributed by atoms with E-state index >= 15 is 0 Å². The molecule has 0 radical (unpaired) electrons. The van der Waals surface area contributed by atoms with E-state index < -0.39 is 0 Å². The molecule has 26 heavy (non-hydrogen) atoms. The maximum Gasteiger partial charge on any atom is 0.277 e. The van der Waals surface area contributed by atoms with E-state index in [0.29, 0.717) is 34.3 Å². The second kappa shape index (κ2) is 6.92. The monoisotopic (exact) mass is 376 g/mol. The Bertz CT molecular complexity index is 918. The van der Waals surface area contributed by atoms with Crippen LogP contribution in [0, 0.1) is 20.8 Å². The first-order valence-electron chi connectivity index (χ1n) is 8.65. The van der Waals surface area contributed by atoms with Gasteiger partial charge in [0.1, 0.15) is 9.88 Å². The molecule has 0 spiro atoms. The van der Waals surface area contributed by atoms with Crippen molar-refractivity contribution in [2.45, 2.75) is 46.8 Å². The third kappa shape index (κ3) is 3.19. The molecule has 0 aromatic carbocycles. The van der Waals surface area contributed by atoms with Gasteiger partial charge in [0.25, 0.3) is 11.5 Å². The Morgan fingerprint density at radius 1 is 1.23 bits per heavy atom. The first-order chi connectivity index (χ1) is 12.2. The molecule has 3 heterocycles. The molecular formula is C18H24N4O3S. The van der Waals surface area contributed by atoms with E-state index in [1.165, 1.54) is 16.0 Å². The summed E-state index contributed by atoms with van der Waals surface area (Å²) in [5.74, 6) is -0.0471. The van der Waals surface area contributed by atoms with E-state index in [1.54, 1.807) is 7.05 Å². The van der Waals surface area contributed by atoms with Crippen molar-refractivity contribution in [2.75, 3.05) is 13.2 Å². The van der Waals surface area contributed by atoms with Crippen LogP contribution in [0.3, 0.4) is 0 Å². The second-order valence-corrected chi connectivity index (χ2v) is 7.90. The minimum absolute atomic E-state index is 0.0141. The molecule has 8 heteroatoms. The fraction of sp³-hybridized carbons (Fsp3) is 0.556. The molecule has 1 amide bonds. The van der Waals surface area contributed by atoms with Crippen LogP contribution in [0.4, 0.5) is 0 Å². The molecule has 2 unspecified atom stereocenters. The van der Waals surface area contributed by atoms with Gasteiger partial charge in [-0.3, -0.25) is 9.59 Å². The third-order valence-electron chi connectivity index (χ3n) is 4.80. The van der Waals surface area contributed by atoms with E-state index in [1.807, 2.05) is 39.5 Å². The van der Waals surface area contributed by atoms with E-state index in [2.05, 4.69) is 10.1 Å². The molecule has 0 aliphatic carbocycles. The van der Waals surface area contributed by atoms with Gasteiger partial charge in [0.2, 0.25) is 0 Å². The first-order valence-corrected chi connectivity index (χ1v) is 9.47. The Morgan fingerprint density at radius 3 is 2.62 bits per heavy atom. The van der Waals surface area contributed by atoms with Crippen molar-refractivity contribution in [2.24, 2.45) is 7.05 Å². The normalized spacial score (nSPS) is 20.5. The van der Waals surface area contributed by atoms with Gasteiger partial charge in [0.05, 0.1) is 35.7 Å². The quantitative estimate of drug-likeness (QED) is 0.802. The number of amides is 1. The summed E-state index contributed by atoms with van der Waals surface area (Å²) >= 11 is 1.28. The highest BCUT2D eigenvalue weighted by atomic mass is 32.1. The van der Waals surface area contributed by atoms with Crippen LogP contribution >= 0.6 is 11.3 Å². The highest BCUT2D eigenvalue weighted by molar-refractivity contribution is 7.17. The summed E-state index contributed by atoms with van der Waals surface area (Å²) in [6.45, 7) is 10.6. The van der Waals surface area contributed by atoms with E-state index in [4.69, 9.17) is 4.74 Å². The fourth-order valence-electron chi connectivity index (χ4n) is 3.12. The predicted octanol–water partition coefficient (Wildman–Crippen LogP) is 2.08. The number of aryl methyl sites for hydroxylation is 3. The zero-order valence-corrected chi connectivity index (χ0v) is 16.8. The number of hydrogen-bond acceptors (Lipinski definition) is 6. The Hall–Kier alpha value is -2.06. The van der Waals surface area contributed by atoms with Crippen molar-refractivity contribution in [1.82, 2.24) is 19.7 Å². The van der Waals surface area contributed by atoms with Crippen LogP contribution in [0.5, 0.6) is 0 Å². The van der Waals surface area contributed by atoms with Crippen LogP contribution in [-0.4, -0.2) is 50.9 Å². The highest BCUT2D eigenvalue weighted by Crippen LogP contribution is 2.30. The maximum atomic E-state index is 13.1. The van der Waals surface area contributed by atoms with Gasteiger partial charge in [0.15, 0.2) is 0 Å². The van der Waals surface area contributed by atoms with Gasteiger partial charge in [-0.25, -0.2) is 9.67 Å². The fourth-order valence-corrected chi connectivity index (χ4v) is 4.24. The van der Waals surface area contributed by atoms with Gasteiger partial charge >= 0.3 is 0 Å². The van der Waals surface area contributed by atoms with E-state index in [-0.39, 0.29) is 23.6 Å². The lowest BCUT2D eigenvalue weighted by Crippen LogP contribution is -2.50. The summed E-state index contributed by atoms with van der Waals surface area (Å²) in [5, 5.41) is 4.78. The van der Waals surface area contributed by atoms with Crippen molar-refractivity contribution in [3.8, 4) is 10.6 Å². The Morgan fingerprint density at radius 2 is 1.92 bits per heavy atom. The zero-order chi connectivity index (χ0) is 19.2. The van der Waals surface area contributed by atoms with Crippen LogP contribution in [0.15, 0.2) is 4.79 Å². The molecule has 0 N–H and O–H groups in total.